The van der Waals surface area contributed by atoms with E-state index < -0.39 is 15.9 Å². The zero-order valence-corrected chi connectivity index (χ0v) is 18.9. The van der Waals surface area contributed by atoms with E-state index in [1.807, 2.05) is 18.2 Å². The van der Waals surface area contributed by atoms with Crippen LogP contribution in [0.25, 0.3) is 0 Å². The average Bonchev–Trinajstić information content (AvgIpc) is 2.74. The maximum Gasteiger partial charge on any atom is 0.260 e. The van der Waals surface area contributed by atoms with Crippen LogP contribution in [0, 0.1) is 0 Å². The van der Waals surface area contributed by atoms with Gasteiger partial charge in [-0.15, -0.1) is 0 Å². The average molecular weight is 446 g/mol. The van der Waals surface area contributed by atoms with Crippen molar-refractivity contribution >= 4 is 27.3 Å². The predicted molar refractivity (Wildman–Crippen MR) is 121 cm³/mol. The number of amides is 1. The molecule has 1 N–H and O–H groups in total. The number of nitrogens with one attached hydrogen (secondary N) is 1. The number of fused-ring (bicyclic) bond motifs is 1. The van der Waals surface area contributed by atoms with Gasteiger partial charge in [0.05, 0.1) is 17.7 Å². The molecule has 0 bridgehead atoms. The van der Waals surface area contributed by atoms with Crippen molar-refractivity contribution in [2.75, 3.05) is 30.3 Å². The smallest absolute Gasteiger partial charge is 0.260 e. The van der Waals surface area contributed by atoms with Crippen molar-refractivity contribution in [2.45, 2.75) is 26.7 Å². The van der Waals surface area contributed by atoms with Crippen molar-refractivity contribution in [3.63, 3.8) is 0 Å². The minimum absolute atomic E-state index is 0.321. The van der Waals surface area contributed by atoms with E-state index in [-0.39, 0.29) is 6.54 Å². The van der Waals surface area contributed by atoms with Crippen LogP contribution in [-0.2, 0) is 14.8 Å². The number of carbonyl (C=O) groups is 1. The molecule has 1 heterocycles. The standard InChI is InChI=1S/C22H27N3O5S/c1-15(2)17-5-8-19(9-6-17)25(31(4,27)28)14-22(26)24-23-16(3)18-7-10-20-21(13-18)30-12-11-29-20/h5-10,13,15H,11-12,14H2,1-4H3,(H,24,26)/b23-16-. The third-order valence-corrected chi connectivity index (χ3v) is 5.98. The van der Waals surface area contributed by atoms with E-state index in [1.165, 1.54) is 0 Å². The molecular formula is C22H27N3O5S. The summed E-state index contributed by atoms with van der Waals surface area (Å²) in [5.41, 5.74) is 5.26. The van der Waals surface area contributed by atoms with E-state index in [0.717, 1.165) is 21.7 Å². The van der Waals surface area contributed by atoms with Gasteiger partial charge < -0.3 is 9.47 Å². The fourth-order valence-electron chi connectivity index (χ4n) is 3.07. The number of hydrogen-bond donors (Lipinski definition) is 1. The van der Waals surface area contributed by atoms with E-state index in [0.29, 0.717) is 42.0 Å². The molecule has 0 atom stereocenters. The molecule has 0 saturated heterocycles. The topological polar surface area (TPSA) is 97.3 Å². The highest BCUT2D eigenvalue weighted by molar-refractivity contribution is 7.92. The molecule has 0 aliphatic carbocycles. The van der Waals surface area contributed by atoms with Crippen molar-refractivity contribution in [3.8, 4) is 11.5 Å². The normalized spacial score (nSPS) is 13.8. The van der Waals surface area contributed by atoms with Gasteiger partial charge in [-0.1, -0.05) is 26.0 Å². The van der Waals surface area contributed by atoms with E-state index in [1.54, 1.807) is 31.2 Å². The van der Waals surface area contributed by atoms with Gasteiger partial charge in [0.25, 0.3) is 5.91 Å². The van der Waals surface area contributed by atoms with Gasteiger partial charge in [0, 0.05) is 5.56 Å². The van der Waals surface area contributed by atoms with Gasteiger partial charge >= 0.3 is 0 Å². The summed E-state index contributed by atoms with van der Waals surface area (Å²) >= 11 is 0. The Bertz CT molecular complexity index is 1080. The SMILES string of the molecule is C/C(=N/NC(=O)CN(c1ccc(C(C)C)cc1)S(C)(=O)=O)c1ccc2c(c1)OCCO2. The van der Waals surface area contributed by atoms with E-state index in [9.17, 15) is 13.2 Å². The number of nitrogens with zero attached hydrogens (tertiary/aromatic N) is 2. The highest BCUT2D eigenvalue weighted by Crippen LogP contribution is 2.30. The van der Waals surface area contributed by atoms with E-state index >= 15 is 0 Å². The second kappa shape index (κ2) is 9.38. The predicted octanol–water partition coefficient (Wildman–Crippen LogP) is 2.89. The van der Waals surface area contributed by atoms with Gasteiger partial charge in [0.1, 0.15) is 19.8 Å². The van der Waals surface area contributed by atoms with Crippen molar-refractivity contribution < 1.29 is 22.7 Å². The molecule has 1 aliphatic heterocycles. The zero-order valence-electron chi connectivity index (χ0n) is 18.1. The van der Waals surface area contributed by atoms with Crippen LogP contribution in [0.15, 0.2) is 47.6 Å². The molecule has 2 aromatic carbocycles. The Morgan fingerprint density at radius 2 is 1.74 bits per heavy atom. The molecule has 9 heteroatoms. The first-order valence-electron chi connectivity index (χ1n) is 9.96. The number of rotatable bonds is 7. The lowest BCUT2D eigenvalue weighted by molar-refractivity contribution is -0.119. The first-order chi connectivity index (χ1) is 14.6. The summed E-state index contributed by atoms with van der Waals surface area (Å²) in [5, 5.41) is 4.11. The van der Waals surface area contributed by atoms with Gasteiger partial charge in [0.15, 0.2) is 11.5 Å². The molecule has 1 amide bonds. The molecule has 166 valence electrons. The molecule has 3 rings (SSSR count). The van der Waals surface area contributed by atoms with Gasteiger partial charge in [-0.3, -0.25) is 9.10 Å². The summed E-state index contributed by atoms with van der Waals surface area (Å²) in [5.74, 6) is 1.06. The Kier molecular flexibility index (Phi) is 6.84. The van der Waals surface area contributed by atoms with Crippen LogP contribution in [0.5, 0.6) is 11.5 Å². The summed E-state index contributed by atoms with van der Waals surface area (Å²) in [6, 6.07) is 12.5. The van der Waals surface area contributed by atoms with Gasteiger partial charge in [0.2, 0.25) is 10.0 Å². The molecular weight excluding hydrogens is 418 g/mol. The highest BCUT2D eigenvalue weighted by Gasteiger charge is 2.21. The third-order valence-electron chi connectivity index (χ3n) is 4.84. The number of anilines is 1. The fourth-order valence-corrected chi connectivity index (χ4v) is 3.93. The summed E-state index contributed by atoms with van der Waals surface area (Å²) < 4.78 is 36.6. The quantitative estimate of drug-likeness (QED) is 0.522. The number of ether oxygens (including phenoxy) is 2. The first-order valence-corrected chi connectivity index (χ1v) is 11.8. The Morgan fingerprint density at radius 3 is 2.35 bits per heavy atom. The molecule has 0 aromatic heterocycles. The van der Waals surface area contributed by atoms with Crippen LogP contribution in [-0.4, -0.2) is 46.1 Å². The lowest BCUT2D eigenvalue weighted by Gasteiger charge is -2.22. The molecule has 2 aromatic rings. The summed E-state index contributed by atoms with van der Waals surface area (Å²) in [4.78, 5) is 12.4. The number of benzene rings is 2. The van der Waals surface area contributed by atoms with Crippen LogP contribution >= 0.6 is 0 Å². The van der Waals surface area contributed by atoms with Crippen molar-refractivity contribution in [1.29, 1.82) is 0 Å². The summed E-state index contributed by atoms with van der Waals surface area (Å²) in [6.45, 7) is 6.45. The van der Waals surface area contributed by atoms with Crippen LogP contribution in [0.2, 0.25) is 0 Å². The minimum atomic E-state index is -3.65. The monoisotopic (exact) mass is 445 g/mol. The van der Waals surface area contributed by atoms with Crippen LogP contribution in [0.1, 0.15) is 37.8 Å². The summed E-state index contributed by atoms with van der Waals surface area (Å²) in [7, 11) is -3.65. The molecule has 0 fully saturated rings. The van der Waals surface area contributed by atoms with Gasteiger partial charge in [-0.05, 0) is 48.7 Å². The Hall–Kier alpha value is -3.07. The molecule has 31 heavy (non-hydrogen) atoms. The number of carbonyl (C=O) groups excluding carboxylic acids is 1. The lowest BCUT2D eigenvalue weighted by Crippen LogP contribution is -2.39. The maximum absolute atomic E-state index is 12.4. The molecule has 0 unspecified atom stereocenters. The second-order valence-corrected chi connectivity index (χ2v) is 9.51. The van der Waals surface area contributed by atoms with Gasteiger partial charge in [-0.2, -0.15) is 5.10 Å². The number of hydrogen-bond acceptors (Lipinski definition) is 6. The Balaban J connectivity index is 1.71. The Labute approximate surface area is 182 Å². The van der Waals surface area contributed by atoms with Crippen molar-refractivity contribution in [1.82, 2.24) is 5.43 Å². The highest BCUT2D eigenvalue weighted by atomic mass is 32.2. The number of sulfonamides is 1. The first kappa shape index (κ1) is 22.6. The molecule has 0 saturated carbocycles. The third kappa shape index (κ3) is 5.75. The second-order valence-electron chi connectivity index (χ2n) is 7.61. The molecule has 0 spiro atoms. The fraction of sp³-hybridized carbons (Fsp3) is 0.364. The minimum Gasteiger partial charge on any atom is -0.486 e. The van der Waals surface area contributed by atoms with E-state index in [2.05, 4.69) is 24.4 Å². The van der Waals surface area contributed by atoms with Crippen LogP contribution < -0.4 is 19.2 Å². The summed E-state index contributed by atoms with van der Waals surface area (Å²) in [6.07, 6.45) is 1.07. The molecule has 0 radical (unpaired) electrons. The van der Waals surface area contributed by atoms with Crippen molar-refractivity contribution in [2.24, 2.45) is 5.10 Å². The largest absolute Gasteiger partial charge is 0.486 e. The maximum atomic E-state index is 12.4. The van der Waals surface area contributed by atoms with Gasteiger partial charge in [-0.25, -0.2) is 13.8 Å². The van der Waals surface area contributed by atoms with Crippen LogP contribution in [0.3, 0.4) is 0 Å². The van der Waals surface area contributed by atoms with Crippen LogP contribution in [0.4, 0.5) is 5.69 Å². The Morgan fingerprint density at radius 1 is 1.10 bits per heavy atom. The zero-order chi connectivity index (χ0) is 22.6. The molecule has 8 nitrogen and oxygen atoms in total. The number of hydrazone groups is 1. The lowest BCUT2D eigenvalue weighted by atomic mass is 10.0. The molecule has 1 aliphatic rings. The van der Waals surface area contributed by atoms with Crippen molar-refractivity contribution in [3.05, 3.63) is 53.6 Å². The van der Waals surface area contributed by atoms with E-state index in [4.69, 9.17) is 9.47 Å².